The lowest BCUT2D eigenvalue weighted by Gasteiger charge is -2.17. The lowest BCUT2D eigenvalue weighted by atomic mass is 9.87. The van der Waals surface area contributed by atoms with Crippen LogP contribution in [0.25, 0.3) is 11.0 Å². The van der Waals surface area contributed by atoms with Gasteiger partial charge in [-0.25, -0.2) is 14.8 Å². The summed E-state index contributed by atoms with van der Waals surface area (Å²) in [4.78, 5) is 22.5. The van der Waals surface area contributed by atoms with Gasteiger partial charge in [0.25, 0.3) is 0 Å². The zero-order chi connectivity index (χ0) is 13.5. The number of nitrogens with one attached hydrogen (secondary N) is 1. The van der Waals surface area contributed by atoms with Crippen LogP contribution in [0, 0.1) is 0 Å². The van der Waals surface area contributed by atoms with Crippen molar-refractivity contribution >= 4 is 22.8 Å². The highest BCUT2D eigenvalue weighted by Gasteiger charge is 2.22. The summed E-state index contributed by atoms with van der Waals surface area (Å²) in [5.41, 5.74) is 7.40. The van der Waals surface area contributed by atoms with Crippen LogP contribution in [0.3, 0.4) is 0 Å². The molecular formula is C12H16N4O2. The maximum atomic E-state index is 11.4. The van der Waals surface area contributed by atoms with Crippen molar-refractivity contribution in [2.24, 2.45) is 0 Å². The van der Waals surface area contributed by atoms with Crippen molar-refractivity contribution in [1.29, 1.82) is 0 Å². The second kappa shape index (κ2) is 3.97. The number of nitrogen functional groups attached to an aromatic ring is 1. The molecule has 6 nitrogen and oxygen atoms in total. The largest absolute Gasteiger partial charge is 0.463 e. The number of nitrogens with zero attached hydrogens (tertiary/aromatic N) is 2. The van der Waals surface area contributed by atoms with Crippen LogP contribution in [0.4, 0.5) is 5.82 Å². The molecule has 0 saturated heterocycles. The molecular weight excluding hydrogens is 232 g/mol. The average Bonchev–Trinajstić information content (AvgIpc) is 2.71. The van der Waals surface area contributed by atoms with E-state index in [2.05, 4.69) is 40.5 Å². The van der Waals surface area contributed by atoms with E-state index in [4.69, 9.17) is 5.73 Å². The summed E-state index contributed by atoms with van der Waals surface area (Å²) >= 11 is 0. The molecule has 0 bridgehead atoms. The number of aromatic amines is 1. The molecule has 2 rings (SSSR count). The van der Waals surface area contributed by atoms with Gasteiger partial charge in [0.15, 0.2) is 0 Å². The number of methoxy groups -OCH3 is 1. The van der Waals surface area contributed by atoms with Crippen LogP contribution < -0.4 is 5.73 Å². The Morgan fingerprint density at radius 3 is 2.61 bits per heavy atom. The summed E-state index contributed by atoms with van der Waals surface area (Å²) in [6.45, 7) is 6.22. The molecule has 0 aliphatic carbocycles. The fourth-order valence-corrected chi connectivity index (χ4v) is 1.83. The van der Waals surface area contributed by atoms with Crippen molar-refractivity contribution in [3.8, 4) is 0 Å². The van der Waals surface area contributed by atoms with Crippen molar-refractivity contribution in [3.63, 3.8) is 0 Å². The monoisotopic (exact) mass is 248 g/mol. The van der Waals surface area contributed by atoms with Gasteiger partial charge < -0.3 is 15.5 Å². The molecule has 0 aliphatic heterocycles. The number of fused-ring (bicyclic) bond motifs is 1. The van der Waals surface area contributed by atoms with E-state index in [9.17, 15) is 4.79 Å². The Kier molecular flexibility index (Phi) is 2.73. The number of rotatable bonds is 1. The summed E-state index contributed by atoms with van der Waals surface area (Å²) in [5.74, 6) is -0.355. The van der Waals surface area contributed by atoms with Crippen LogP contribution >= 0.6 is 0 Å². The smallest absolute Gasteiger partial charge is 0.376 e. The van der Waals surface area contributed by atoms with Crippen LogP contribution in [0.5, 0.6) is 0 Å². The summed E-state index contributed by atoms with van der Waals surface area (Å²) in [6.07, 6.45) is 1.84. The van der Waals surface area contributed by atoms with E-state index in [1.807, 2.05) is 6.20 Å². The zero-order valence-corrected chi connectivity index (χ0v) is 10.9. The first-order valence-electron chi connectivity index (χ1n) is 5.58. The van der Waals surface area contributed by atoms with Gasteiger partial charge in [-0.3, -0.25) is 0 Å². The molecule has 0 aliphatic rings. The maximum absolute atomic E-state index is 11.4. The summed E-state index contributed by atoms with van der Waals surface area (Å²) < 4.78 is 4.58. The quantitative estimate of drug-likeness (QED) is 0.748. The number of carbonyl (C=O) groups excluding carboxylic acids is 1. The van der Waals surface area contributed by atoms with Crippen molar-refractivity contribution in [2.45, 2.75) is 26.2 Å². The first-order chi connectivity index (χ1) is 8.34. The summed E-state index contributed by atoms with van der Waals surface area (Å²) in [6, 6.07) is 0. The Bertz CT molecular complexity index is 610. The van der Waals surface area contributed by atoms with E-state index in [1.54, 1.807) is 0 Å². The molecule has 6 heteroatoms. The number of hydrogen-bond donors (Lipinski definition) is 2. The van der Waals surface area contributed by atoms with E-state index in [0.29, 0.717) is 5.65 Å². The van der Waals surface area contributed by atoms with Gasteiger partial charge in [0.1, 0.15) is 11.5 Å². The van der Waals surface area contributed by atoms with E-state index >= 15 is 0 Å². The third-order valence-electron chi connectivity index (χ3n) is 2.74. The number of esters is 1. The topological polar surface area (TPSA) is 93.9 Å². The van der Waals surface area contributed by atoms with Crippen molar-refractivity contribution < 1.29 is 9.53 Å². The first-order valence-corrected chi connectivity index (χ1v) is 5.58. The molecule has 96 valence electrons. The minimum Gasteiger partial charge on any atom is -0.463 e. The predicted octanol–water partition coefficient (Wildman–Crippen LogP) is 1.62. The molecule has 2 aromatic rings. The normalized spacial score (nSPS) is 11.8. The van der Waals surface area contributed by atoms with Gasteiger partial charge in [-0.1, -0.05) is 20.8 Å². The number of anilines is 1. The number of hydrogen-bond acceptors (Lipinski definition) is 5. The van der Waals surface area contributed by atoms with Crippen LogP contribution in [0.15, 0.2) is 6.20 Å². The fraction of sp³-hybridized carbons (Fsp3) is 0.417. The Morgan fingerprint density at radius 1 is 1.39 bits per heavy atom. The third kappa shape index (κ3) is 1.90. The molecule has 0 radical (unpaired) electrons. The molecule has 3 N–H and O–H groups in total. The number of H-pyrrole nitrogens is 1. The molecule has 0 spiro atoms. The van der Waals surface area contributed by atoms with Gasteiger partial charge in [-0.15, -0.1) is 0 Å². The van der Waals surface area contributed by atoms with Gasteiger partial charge in [-0.05, 0) is 11.0 Å². The van der Waals surface area contributed by atoms with Gasteiger partial charge in [0, 0.05) is 6.20 Å². The Labute approximate surface area is 105 Å². The minimum absolute atomic E-state index is 0.0372. The van der Waals surface area contributed by atoms with Crippen LogP contribution in [-0.2, 0) is 10.2 Å². The lowest BCUT2D eigenvalue weighted by molar-refractivity contribution is 0.0587. The molecule has 0 fully saturated rings. The van der Waals surface area contributed by atoms with Gasteiger partial charge in [0.05, 0.1) is 12.5 Å². The minimum atomic E-state index is -0.601. The highest BCUT2D eigenvalue weighted by atomic mass is 16.5. The molecule has 2 heterocycles. The molecule has 0 aromatic carbocycles. The van der Waals surface area contributed by atoms with Gasteiger partial charge in [0.2, 0.25) is 5.82 Å². The van der Waals surface area contributed by atoms with Crippen LogP contribution in [-0.4, -0.2) is 28.0 Å². The number of aromatic nitrogens is 3. The second-order valence-electron chi connectivity index (χ2n) is 5.10. The Hall–Kier alpha value is -2.11. The van der Waals surface area contributed by atoms with Gasteiger partial charge in [-0.2, -0.15) is 0 Å². The molecule has 0 saturated carbocycles. The standard InChI is InChI=1S/C12H16N4O2/c1-12(2,3)6-5-14-9-7(6)8(13)15-10(16-9)11(17)18-4/h5H,1-4H3,(H3,13,14,15,16). The van der Waals surface area contributed by atoms with Gasteiger partial charge >= 0.3 is 5.97 Å². The van der Waals surface area contributed by atoms with E-state index in [0.717, 1.165) is 10.9 Å². The maximum Gasteiger partial charge on any atom is 0.376 e. The van der Waals surface area contributed by atoms with E-state index in [1.165, 1.54) is 7.11 Å². The highest BCUT2D eigenvalue weighted by Crippen LogP contribution is 2.31. The predicted molar refractivity (Wildman–Crippen MR) is 68.3 cm³/mol. The SMILES string of the molecule is COC(=O)c1nc(N)c2c(C(C)(C)C)c[nH]c2n1. The first kappa shape index (κ1) is 12.3. The van der Waals surface area contributed by atoms with E-state index < -0.39 is 5.97 Å². The molecule has 0 amide bonds. The number of nitrogens with two attached hydrogens (primary N) is 1. The zero-order valence-electron chi connectivity index (χ0n) is 10.9. The number of carbonyl (C=O) groups is 1. The average molecular weight is 248 g/mol. The third-order valence-corrected chi connectivity index (χ3v) is 2.74. The van der Waals surface area contributed by atoms with Crippen molar-refractivity contribution in [2.75, 3.05) is 12.8 Å². The van der Waals surface area contributed by atoms with Crippen LogP contribution in [0.2, 0.25) is 0 Å². The highest BCUT2D eigenvalue weighted by molar-refractivity contribution is 5.94. The van der Waals surface area contributed by atoms with Crippen molar-refractivity contribution in [3.05, 3.63) is 17.6 Å². The Balaban J connectivity index is 2.68. The Morgan fingerprint density at radius 2 is 2.06 bits per heavy atom. The molecule has 18 heavy (non-hydrogen) atoms. The molecule has 0 atom stereocenters. The lowest BCUT2D eigenvalue weighted by Crippen LogP contribution is -2.13. The molecule has 0 unspecified atom stereocenters. The molecule has 2 aromatic heterocycles. The van der Waals surface area contributed by atoms with Crippen molar-refractivity contribution in [1.82, 2.24) is 15.0 Å². The second-order valence-corrected chi connectivity index (χ2v) is 5.10. The van der Waals surface area contributed by atoms with E-state index in [-0.39, 0.29) is 17.1 Å². The summed E-state index contributed by atoms with van der Waals surface area (Å²) in [5, 5.41) is 0.759. The number of ether oxygens (including phenoxy) is 1. The summed E-state index contributed by atoms with van der Waals surface area (Å²) in [7, 11) is 1.28. The fourth-order valence-electron chi connectivity index (χ4n) is 1.83. The van der Waals surface area contributed by atoms with Crippen LogP contribution in [0.1, 0.15) is 37.0 Å².